The Morgan fingerprint density at radius 1 is 1.29 bits per heavy atom. The average molecular weight is 332 g/mol. The topological polar surface area (TPSA) is 62.4 Å². The molecule has 1 aromatic carbocycles. The fourth-order valence-electron chi connectivity index (χ4n) is 2.66. The molecule has 2 rings (SSSR count). The minimum absolute atomic E-state index is 0.138. The minimum atomic E-state index is -0.476. The maximum atomic E-state index is 13.8. The lowest BCUT2D eigenvalue weighted by atomic mass is 10.1. The van der Waals surface area contributed by atoms with Crippen molar-refractivity contribution in [3.8, 4) is 0 Å². The van der Waals surface area contributed by atoms with Crippen molar-refractivity contribution in [1.82, 2.24) is 9.88 Å². The summed E-state index contributed by atoms with van der Waals surface area (Å²) in [7, 11) is 2.90. The molecule has 6 heteroatoms. The zero-order chi connectivity index (χ0) is 17.9. The van der Waals surface area contributed by atoms with E-state index in [-0.39, 0.29) is 18.3 Å². The molecule has 24 heavy (non-hydrogen) atoms. The largest absolute Gasteiger partial charge is 0.465 e. The second kappa shape index (κ2) is 7.29. The van der Waals surface area contributed by atoms with E-state index in [1.165, 1.54) is 18.1 Å². The van der Waals surface area contributed by atoms with Crippen LogP contribution in [0.25, 0.3) is 0 Å². The van der Waals surface area contributed by atoms with E-state index in [1.54, 1.807) is 32.2 Å². The number of aromatic amines is 1. The van der Waals surface area contributed by atoms with Gasteiger partial charge in [-0.3, -0.25) is 4.79 Å². The lowest BCUT2D eigenvalue weighted by Gasteiger charge is -2.17. The number of H-pyrrole nitrogens is 1. The Labute approximate surface area is 140 Å². The van der Waals surface area contributed by atoms with Crippen LogP contribution in [0, 0.1) is 12.7 Å². The monoisotopic (exact) mass is 332 g/mol. The molecule has 0 fully saturated rings. The third kappa shape index (κ3) is 3.32. The number of ether oxygens (including phenoxy) is 1. The number of carbonyl (C=O) groups excluding carboxylic acids is 2. The van der Waals surface area contributed by atoms with E-state index in [1.807, 2.05) is 6.92 Å². The normalized spacial score (nSPS) is 10.5. The van der Waals surface area contributed by atoms with Gasteiger partial charge in [0, 0.05) is 24.8 Å². The van der Waals surface area contributed by atoms with Gasteiger partial charge in [-0.25, -0.2) is 9.18 Å². The molecule has 0 radical (unpaired) electrons. The molecule has 2 aromatic rings. The molecule has 128 valence electrons. The van der Waals surface area contributed by atoms with Gasteiger partial charge < -0.3 is 14.6 Å². The molecule has 0 bridgehead atoms. The average Bonchev–Trinajstić information content (AvgIpc) is 2.92. The molecule has 0 unspecified atom stereocenters. The number of amides is 1. The Hall–Kier alpha value is -2.63. The summed E-state index contributed by atoms with van der Waals surface area (Å²) >= 11 is 0. The fraction of sp³-hybridized carbons (Fsp3) is 0.333. The van der Waals surface area contributed by atoms with Crippen LogP contribution in [0.4, 0.5) is 4.39 Å². The molecule has 0 saturated heterocycles. The van der Waals surface area contributed by atoms with Crippen molar-refractivity contribution < 1.29 is 18.7 Å². The summed E-state index contributed by atoms with van der Waals surface area (Å²) in [4.78, 5) is 29.1. The number of methoxy groups -OCH3 is 1. The van der Waals surface area contributed by atoms with E-state index in [9.17, 15) is 14.0 Å². The standard InChI is InChI=1S/C18H21FN2O3/c1-5-14-15(18(23)24-4)11(2)16(20-14)17(22)21(3)10-12-8-6-7-9-13(12)19/h6-9,20H,5,10H2,1-4H3. The molecule has 5 nitrogen and oxygen atoms in total. The van der Waals surface area contributed by atoms with Crippen LogP contribution >= 0.6 is 0 Å². The van der Waals surface area contributed by atoms with Crippen LogP contribution in [0.15, 0.2) is 24.3 Å². The summed E-state index contributed by atoms with van der Waals surface area (Å²) in [5, 5.41) is 0. The summed E-state index contributed by atoms with van der Waals surface area (Å²) in [6.45, 7) is 3.72. The molecular formula is C18H21FN2O3. The highest BCUT2D eigenvalue weighted by Gasteiger charge is 2.25. The van der Waals surface area contributed by atoms with Gasteiger partial charge >= 0.3 is 5.97 Å². The van der Waals surface area contributed by atoms with Crippen LogP contribution in [-0.4, -0.2) is 35.9 Å². The summed E-state index contributed by atoms with van der Waals surface area (Å²) in [6.07, 6.45) is 0.565. The highest BCUT2D eigenvalue weighted by Crippen LogP contribution is 2.22. The molecule has 1 N–H and O–H groups in total. The lowest BCUT2D eigenvalue weighted by molar-refractivity contribution is 0.0599. The van der Waals surface area contributed by atoms with Crippen molar-refractivity contribution in [2.75, 3.05) is 14.2 Å². The molecule has 0 aliphatic rings. The van der Waals surface area contributed by atoms with Gasteiger partial charge in [0.05, 0.1) is 12.7 Å². The first kappa shape index (κ1) is 17.7. The molecule has 0 aliphatic carbocycles. The van der Waals surface area contributed by atoms with Gasteiger partial charge in [0.25, 0.3) is 5.91 Å². The van der Waals surface area contributed by atoms with Crippen molar-refractivity contribution in [3.63, 3.8) is 0 Å². The molecule has 1 heterocycles. The first-order valence-electron chi connectivity index (χ1n) is 7.69. The number of aryl methyl sites for hydroxylation is 1. The van der Waals surface area contributed by atoms with Crippen molar-refractivity contribution in [3.05, 3.63) is 58.2 Å². The summed E-state index contributed by atoms with van der Waals surface area (Å²) < 4.78 is 18.6. The van der Waals surface area contributed by atoms with Gasteiger partial charge in [0.2, 0.25) is 0 Å². The van der Waals surface area contributed by atoms with Crippen LogP contribution in [0.5, 0.6) is 0 Å². The van der Waals surface area contributed by atoms with Crippen LogP contribution < -0.4 is 0 Å². The number of esters is 1. The molecule has 0 atom stereocenters. The smallest absolute Gasteiger partial charge is 0.339 e. The number of benzene rings is 1. The van der Waals surface area contributed by atoms with E-state index in [0.717, 1.165) is 0 Å². The molecule has 1 aromatic heterocycles. The van der Waals surface area contributed by atoms with Crippen molar-refractivity contribution >= 4 is 11.9 Å². The zero-order valence-corrected chi connectivity index (χ0v) is 14.3. The SMILES string of the molecule is CCc1[nH]c(C(=O)N(C)Cc2ccccc2F)c(C)c1C(=O)OC. The van der Waals surface area contributed by atoms with E-state index in [2.05, 4.69) is 4.98 Å². The first-order valence-corrected chi connectivity index (χ1v) is 7.69. The number of carbonyl (C=O) groups is 2. The summed E-state index contributed by atoms with van der Waals surface area (Å²) in [6, 6.07) is 6.32. The Morgan fingerprint density at radius 3 is 2.54 bits per heavy atom. The number of nitrogens with one attached hydrogen (secondary N) is 1. The predicted octanol–water partition coefficient (Wildman–Crippen LogP) is 3.08. The van der Waals surface area contributed by atoms with E-state index < -0.39 is 5.97 Å². The maximum Gasteiger partial charge on any atom is 0.339 e. The molecular weight excluding hydrogens is 311 g/mol. The number of hydrogen-bond donors (Lipinski definition) is 1. The van der Waals surface area contributed by atoms with Crippen molar-refractivity contribution in [1.29, 1.82) is 0 Å². The number of aromatic nitrogens is 1. The third-order valence-electron chi connectivity index (χ3n) is 4.00. The second-order valence-electron chi connectivity index (χ2n) is 5.58. The Morgan fingerprint density at radius 2 is 1.96 bits per heavy atom. The first-order chi connectivity index (χ1) is 11.4. The third-order valence-corrected chi connectivity index (χ3v) is 4.00. The Bertz CT molecular complexity index is 768. The Balaban J connectivity index is 2.31. The van der Waals surface area contributed by atoms with Crippen LogP contribution in [0.1, 0.15) is 44.6 Å². The lowest BCUT2D eigenvalue weighted by Crippen LogP contribution is -2.27. The molecule has 0 saturated carbocycles. The second-order valence-corrected chi connectivity index (χ2v) is 5.58. The van der Waals surface area contributed by atoms with Gasteiger partial charge in [-0.1, -0.05) is 25.1 Å². The van der Waals surface area contributed by atoms with E-state index >= 15 is 0 Å². The molecule has 1 amide bonds. The quantitative estimate of drug-likeness (QED) is 0.856. The number of halogens is 1. The summed E-state index contributed by atoms with van der Waals surface area (Å²) in [5.41, 5.74) is 2.35. The van der Waals surface area contributed by atoms with Crippen molar-refractivity contribution in [2.45, 2.75) is 26.8 Å². The van der Waals surface area contributed by atoms with Crippen LogP contribution in [0.2, 0.25) is 0 Å². The van der Waals surface area contributed by atoms with E-state index in [0.29, 0.717) is 34.5 Å². The minimum Gasteiger partial charge on any atom is -0.465 e. The Kier molecular flexibility index (Phi) is 5.39. The molecule has 0 spiro atoms. The van der Waals surface area contributed by atoms with Gasteiger partial charge in [-0.05, 0) is 25.0 Å². The maximum absolute atomic E-state index is 13.8. The van der Waals surface area contributed by atoms with Gasteiger partial charge in [-0.2, -0.15) is 0 Å². The van der Waals surface area contributed by atoms with Crippen molar-refractivity contribution in [2.24, 2.45) is 0 Å². The van der Waals surface area contributed by atoms with Crippen LogP contribution in [-0.2, 0) is 17.7 Å². The number of nitrogens with zero attached hydrogens (tertiary/aromatic N) is 1. The summed E-state index contributed by atoms with van der Waals surface area (Å²) in [5.74, 6) is -1.14. The van der Waals surface area contributed by atoms with Crippen LogP contribution in [0.3, 0.4) is 0 Å². The highest BCUT2D eigenvalue weighted by molar-refractivity contribution is 6.00. The van der Waals surface area contributed by atoms with Gasteiger partial charge in [-0.15, -0.1) is 0 Å². The molecule has 0 aliphatic heterocycles. The highest BCUT2D eigenvalue weighted by atomic mass is 19.1. The number of hydrogen-bond acceptors (Lipinski definition) is 3. The van der Waals surface area contributed by atoms with E-state index in [4.69, 9.17) is 4.74 Å². The van der Waals surface area contributed by atoms with Gasteiger partial charge in [0.1, 0.15) is 11.5 Å². The van der Waals surface area contributed by atoms with Gasteiger partial charge in [0.15, 0.2) is 0 Å². The number of rotatable bonds is 5. The zero-order valence-electron chi connectivity index (χ0n) is 14.3. The predicted molar refractivity (Wildman–Crippen MR) is 88.4 cm³/mol. The fourth-order valence-corrected chi connectivity index (χ4v) is 2.66.